The number of hydrogen-bond donors (Lipinski definition) is 0. The van der Waals surface area contributed by atoms with Crippen LogP contribution in [0.25, 0.3) is 23.0 Å². The highest BCUT2D eigenvalue weighted by Crippen LogP contribution is 2.25. The van der Waals surface area contributed by atoms with Crippen LogP contribution in [0.3, 0.4) is 0 Å². The minimum Gasteiger partial charge on any atom is -0.486 e. The fourth-order valence-electron chi connectivity index (χ4n) is 2.77. The Morgan fingerprint density at radius 1 is 0.923 bits per heavy atom. The highest BCUT2D eigenvalue weighted by molar-refractivity contribution is 5.57. The first-order valence-corrected chi connectivity index (χ1v) is 8.37. The van der Waals surface area contributed by atoms with Gasteiger partial charge in [-0.1, -0.05) is 41.6 Å². The van der Waals surface area contributed by atoms with Crippen molar-refractivity contribution in [2.75, 3.05) is 0 Å². The predicted octanol–water partition coefficient (Wildman–Crippen LogP) is 5.19. The summed E-state index contributed by atoms with van der Waals surface area (Å²) in [5.41, 5.74) is 3.23. The van der Waals surface area contributed by atoms with E-state index in [1.54, 1.807) is 0 Å². The molecule has 4 aromatic rings. The summed E-state index contributed by atoms with van der Waals surface area (Å²) >= 11 is 0. The number of benzene rings is 2. The smallest absolute Gasteiger partial charge is 0.293 e. The topological polar surface area (TPSA) is 61.3 Å². The van der Waals surface area contributed by atoms with E-state index in [1.807, 2.05) is 68.4 Å². The van der Waals surface area contributed by atoms with E-state index in [1.165, 1.54) is 11.1 Å². The SMILES string of the molecule is Cc1cc(C)cc(OCc2ccc(-c3nc(-c4ccccc4)no3)o2)c1. The van der Waals surface area contributed by atoms with Crippen molar-refractivity contribution in [1.29, 1.82) is 0 Å². The maximum atomic E-state index is 5.82. The molecular weight excluding hydrogens is 328 g/mol. The molecule has 0 bridgehead atoms. The Bertz CT molecular complexity index is 998. The molecule has 5 nitrogen and oxygen atoms in total. The van der Waals surface area contributed by atoms with Crippen LogP contribution < -0.4 is 4.74 Å². The predicted molar refractivity (Wildman–Crippen MR) is 97.7 cm³/mol. The lowest BCUT2D eigenvalue weighted by molar-refractivity contribution is 0.270. The van der Waals surface area contributed by atoms with Gasteiger partial charge in [0.1, 0.15) is 18.1 Å². The van der Waals surface area contributed by atoms with Crippen LogP contribution in [0.4, 0.5) is 0 Å². The summed E-state index contributed by atoms with van der Waals surface area (Å²) in [5, 5.41) is 4.01. The summed E-state index contributed by atoms with van der Waals surface area (Å²) in [7, 11) is 0. The molecule has 0 aliphatic heterocycles. The van der Waals surface area contributed by atoms with Crippen LogP contribution in [0.5, 0.6) is 5.75 Å². The molecule has 4 rings (SSSR count). The molecule has 0 spiro atoms. The van der Waals surface area contributed by atoms with Crippen molar-refractivity contribution in [2.24, 2.45) is 0 Å². The van der Waals surface area contributed by atoms with Crippen LogP contribution in [0, 0.1) is 13.8 Å². The lowest BCUT2D eigenvalue weighted by Gasteiger charge is -2.06. The molecule has 0 atom stereocenters. The average Bonchev–Trinajstić information content (AvgIpc) is 3.29. The van der Waals surface area contributed by atoms with Crippen molar-refractivity contribution in [3.8, 4) is 28.8 Å². The summed E-state index contributed by atoms with van der Waals surface area (Å²) in [4.78, 5) is 4.39. The molecule has 0 saturated carbocycles. The Hall–Kier alpha value is -3.34. The van der Waals surface area contributed by atoms with Crippen LogP contribution in [0.15, 0.2) is 69.6 Å². The first kappa shape index (κ1) is 16.1. The van der Waals surface area contributed by atoms with Gasteiger partial charge in [0.2, 0.25) is 5.82 Å². The third-order valence-electron chi connectivity index (χ3n) is 3.91. The normalized spacial score (nSPS) is 10.8. The molecule has 130 valence electrons. The van der Waals surface area contributed by atoms with E-state index in [-0.39, 0.29) is 0 Å². The van der Waals surface area contributed by atoms with Gasteiger partial charge < -0.3 is 13.7 Å². The van der Waals surface area contributed by atoms with Crippen molar-refractivity contribution in [2.45, 2.75) is 20.5 Å². The molecule has 0 fully saturated rings. The highest BCUT2D eigenvalue weighted by Gasteiger charge is 2.14. The molecular formula is C21H18N2O3. The largest absolute Gasteiger partial charge is 0.486 e. The minimum absolute atomic E-state index is 0.336. The van der Waals surface area contributed by atoms with Gasteiger partial charge in [-0.25, -0.2) is 0 Å². The summed E-state index contributed by atoms with van der Waals surface area (Å²) in [6, 6.07) is 19.4. The zero-order chi connectivity index (χ0) is 17.9. The summed E-state index contributed by atoms with van der Waals surface area (Å²) in [6.45, 7) is 4.43. The van der Waals surface area contributed by atoms with Crippen LogP contribution >= 0.6 is 0 Å². The monoisotopic (exact) mass is 346 g/mol. The van der Waals surface area contributed by atoms with Crippen molar-refractivity contribution in [1.82, 2.24) is 10.1 Å². The van der Waals surface area contributed by atoms with E-state index in [9.17, 15) is 0 Å². The number of ether oxygens (including phenoxy) is 1. The van der Waals surface area contributed by atoms with Gasteiger partial charge in [-0.3, -0.25) is 0 Å². The highest BCUT2D eigenvalue weighted by atomic mass is 16.5. The maximum absolute atomic E-state index is 5.82. The molecule has 5 heteroatoms. The van der Waals surface area contributed by atoms with E-state index < -0.39 is 0 Å². The van der Waals surface area contributed by atoms with Crippen LogP contribution in [-0.2, 0) is 6.61 Å². The Morgan fingerprint density at radius 2 is 1.69 bits per heavy atom. The van der Waals surface area contributed by atoms with Crippen molar-refractivity contribution in [3.05, 3.63) is 77.6 Å². The number of hydrogen-bond acceptors (Lipinski definition) is 5. The van der Waals surface area contributed by atoms with Crippen molar-refractivity contribution < 1.29 is 13.7 Å². The molecule has 0 amide bonds. The van der Waals surface area contributed by atoms with E-state index >= 15 is 0 Å². The molecule has 2 aromatic heterocycles. The number of nitrogens with zero attached hydrogens (tertiary/aromatic N) is 2. The second kappa shape index (κ2) is 6.88. The van der Waals surface area contributed by atoms with Crippen molar-refractivity contribution in [3.63, 3.8) is 0 Å². The zero-order valence-corrected chi connectivity index (χ0v) is 14.6. The standard InChI is InChI=1S/C21H18N2O3/c1-14-10-15(2)12-18(11-14)24-13-17-8-9-19(25-17)21-22-20(23-26-21)16-6-4-3-5-7-16/h3-12H,13H2,1-2H3. The Labute approximate surface area is 151 Å². The molecule has 0 aliphatic rings. The fourth-order valence-corrected chi connectivity index (χ4v) is 2.77. The van der Waals surface area contributed by atoms with E-state index in [0.717, 1.165) is 11.3 Å². The van der Waals surface area contributed by atoms with Crippen LogP contribution in [0.1, 0.15) is 16.9 Å². The molecule has 26 heavy (non-hydrogen) atoms. The summed E-state index contributed by atoms with van der Waals surface area (Å²) < 4.78 is 16.9. The third kappa shape index (κ3) is 3.52. The van der Waals surface area contributed by atoms with Crippen LogP contribution in [0.2, 0.25) is 0 Å². The Balaban J connectivity index is 1.47. The number of aromatic nitrogens is 2. The minimum atomic E-state index is 0.336. The van der Waals surface area contributed by atoms with Crippen molar-refractivity contribution >= 4 is 0 Å². The first-order valence-electron chi connectivity index (χ1n) is 8.37. The van der Waals surface area contributed by atoms with E-state index in [2.05, 4.69) is 16.2 Å². The molecule has 0 saturated heterocycles. The van der Waals surface area contributed by atoms with E-state index in [0.29, 0.717) is 29.8 Å². The third-order valence-corrected chi connectivity index (χ3v) is 3.91. The van der Waals surface area contributed by atoms with Gasteiger partial charge in [-0.2, -0.15) is 4.98 Å². The van der Waals surface area contributed by atoms with Gasteiger partial charge in [0.15, 0.2) is 5.76 Å². The Morgan fingerprint density at radius 3 is 2.46 bits per heavy atom. The molecule has 0 radical (unpaired) electrons. The lowest BCUT2D eigenvalue weighted by Crippen LogP contribution is -1.94. The van der Waals surface area contributed by atoms with E-state index in [4.69, 9.17) is 13.7 Å². The fraction of sp³-hybridized carbons (Fsp3) is 0.143. The quantitative estimate of drug-likeness (QED) is 0.497. The average molecular weight is 346 g/mol. The zero-order valence-electron chi connectivity index (χ0n) is 14.6. The van der Waals surface area contributed by atoms with Crippen LogP contribution in [-0.4, -0.2) is 10.1 Å². The first-order chi connectivity index (χ1) is 12.7. The number of aryl methyl sites for hydroxylation is 2. The van der Waals surface area contributed by atoms with Gasteiger partial charge in [-0.05, 0) is 49.2 Å². The number of rotatable bonds is 5. The molecule has 0 N–H and O–H groups in total. The second-order valence-electron chi connectivity index (χ2n) is 6.17. The molecule has 0 aliphatic carbocycles. The number of furan rings is 1. The molecule has 2 aromatic carbocycles. The lowest BCUT2D eigenvalue weighted by atomic mass is 10.1. The second-order valence-corrected chi connectivity index (χ2v) is 6.17. The van der Waals surface area contributed by atoms with Gasteiger partial charge in [0, 0.05) is 5.56 Å². The van der Waals surface area contributed by atoms with Gasteiger partial charge >= 0.3 is 0 Å². The van der Waals surface area contributed by atoms with Gasteiger partial charge in [0.05, 0.1) is 0 Å². The summed E-state index contributed by atoms with van der Waals surface area (Å²) in [5.74, 6) is 2.92. The Kier molecular flexibility index (Phi) is 4.27. The van der Waals surface area contributed by atoms with Gasteiger partial charge in [0.25, 0.3) is 5.89 Å². The summed E-state index contributed by atoms with van der Waals surface area (Å²) in [6.07, 6.45) is 0. The van der Waals surface area contributed by atoms with Gasteiger partial charge in [-0.15, -0.1) is 0 Å². The molecule has 2 heterocycles. The molecule has 0 unspecified atom stereocenters. The maximum Gasteiger partial charge on any atom is 0.293 e.